The average Bonchev–Trinajstić information content (AvgIpc) is 3.44. The molecule has 14 heteroatoms. The number of hydrogen-bond donors (Lipinski definition) is 0. The van der Waals surface area contributed by atoms with Crippen LogP contribution in [-0.4, -0.2) is 35.4 Å². The Labute approximate surface area is 239 Å². The maximum Gasteiger partial charge on any atom is 0.419 e. The van der Waals surface area contributed by atoms with Gasteiger partial charge in [-0.15, -0.1) is 13.2 Å². The van der Waals surface area contributed by atoms with Gasteiger partial charge in [0, 0.05) is 6.42 Å². The van der Waals surface area contributed by atoms with Crippen LogP contribution in [0.1, 0.15) is 38.3 Å². The minimum absolute atomic E-state index is 0.0355. The Balaban J connectivity index is 2.14. The number of ether oxygens (including phenoxy) is 1. The van der Waals surface area contributed by atoms with Gasteiger partial charge in [-0.1, -0.05) is 51.1 Å². The zero-order chi connectivity index (χ0) is 31.6. The third kappa shape index (κ3) is 6.24. The zero-order valence-electron chi connectivity index (χ0n) is 22.9. The topological polar surface area (TPSA) is 83.3 Å². The molecule has 228 valence electrons. The molecule has 0 aliphatic carbocycles. The first-order valence-electron chi connectivity index (χ1n) is 12.4. The summed E-state index contributed by atoms with van der Waals surface area (Å²) in [6.45, 7) is 12.1. The van der Waals surface area contributed by atoms with Crippen molar-refractivity contribution in [3.05, 3.63) is 97.6 Å². The summed E-state index contributed by atoms with van der Waals surface area (Å²) in [7, 11) is -4.50. The largest absolute Gasteiger partial charge is 0.493 e. The molecule has 3 rings (SSSR count). The number of nitrogens with zero attached hydrogens (tertiary/aromatic N) is 3. The highest BCUT2D eigenvalue weighted by atomic mass is 32.2. The minimum atomic E-state index is -5.17. The first kappa shape index (κ1) is 32.9. The van der Waals surface area contributed by atoms with Gasteiger partial charge in [0.2, 0.25) is 0 Å². The number of alkyl halides is 6. The molecule has 0 saturated carbocycles. The normalized spacial score (nSPS) is 15.8. The molecule has 0 amide bonds. The van der Waals surface area contributed by atoms with Crippen molar-refractivity contribution < 1.29 is 43.7 Å². The van der Waals surface area contributed by atoms with Crippen LogP contribution in [0.2, 0.25) is 0 Å². The fourth-order valence-electron chi connectivity index (χ4n) is 4.77. The van der Waals surface area contributed by atoms with E-state index in [9.17, 15) is 34.8 Å². The van der Waals surface area contributed by atoms with E-state index in [0.29, 0.717) is 12.1 Å². The Morgan fingerprint density at radius 3 is 2.05 bits per heavy atom. The van der Waals surface area contributed by atoms with Crippen LogP contribution in [0.25, 0.3) is 0 Å². The number of rotatable bonds is 11. The quantitative estimate of drug-likeness (QED) is 0.130. The van der Waals surface area contributed by atoms with E-state index in [-0.39, 0.29) is 17.4 Å². The second-order valence-corrected chi connectivity index (χ2v) is 11.9. The number of halogens is 6. The lowest BCUT2D eigenvalue weighted by atomic mass is 9.63. The van der Waals surface area contributed by atoms with Crippen LogP contribution in [0.4, 0.5) is 26.3 Å². The minimum Gasteiger partial charge on any atom is -0.493 e. The van der Waals surface area contributed by atoms with Gasteiger partial charge in [-0.25, -0.2) is 9.67 Å². The highest BCUT2D eigenvalue weighted by Gasteiger charge is 2.60. The number of benzene rings is 2. The molecule has 2 atom stereocenters. The molecule has 1 heterocycles. The van der Waals surface area contributed by atoms with Crippen molar-refractivity contribution in [1.29, 1.82) is 0 Å². The van der Waals surface area contributed by atoms with Crippen molar-refractivity contribution >= 4 is 10.1 Å². The fourth-order valence-corrected chi connectivity index (χ4v) is 6.17. The number of aromatic nitrogens is 3. The summed E-state index contributed by atoms with van der Waals surface area (Å²) in [4.78, 5) is 3.76. The van der Waals surface area contributed by atoms with Gasteiger partial charge >= 0.3 is 12.4 Å². The van der Waals surface area contributed by atoms with Crippen molar-refractivity contribution in [3.8, 4) is 5.75 Å². The molecule has 0 bridgehead atoms. The molecule has 42 heavy (non-hydrogen) atoms. The van der Waals surface area contributed by atoms with Gasteiger partial charge in [-0.05, 0) is 35.7 Å². The zero-order valence-corrected chi connectivity index (χ0v) is 23.7. The van der Waals surface area contributed by atoms with Gasteiger partial charge in [0.15, 0.2) is 0 Å². The smallest absolute Gasteiger partial charge is 0.419 e. The van der Waals surface area contributed by atoms with Crippen LogP contribution in [-0.2, 0) is 32.2 Å². The van der Waals surface area contributed by atoms with Crippen LogP contribution in [0.5, 0.6) is 5.75 Å². The van der Waals surface area contributed by atoms with Crippen LogP contribution in [0, 0.1) is 5.41 Å². The predicted octanol–water partition coefficient (Wildman–Crippen LogP) is 7.04. The maximum absolute atomic E-state index is 13.7. The van der Waals surface area contributed by atoms with Crippen molar-refractivity contribution in [2.45, 2.75) is 55.6 Å². The van der Waals surface area contributed by atoms with Crippen LogP contribution in [0.3, 0.4) is 0 Å². The van der Waals surface area contributed by atoms with Crippen molar-refractivity contribution in [1.82, 2.24) is 14.8 Å². The summed E-state index contributed by atoms with van der Waals surface area (Å²) in [5, 5.41) is 4.16. The highest BCUT2D eigenvalue weighted by molar-refractivity contribution is 7.86. The Hall–Kier alpha value is -3.65. The average molecular weight is 618 g/mol. The molecule has 2 unspecified atom stereocenters. The standard InChI is InChI=1S/C28H29F6N3O4S/c1-6-25(37-19-35-18-36-37,15-16-40-23-14-13-20(27(29,30)31)17-22(23)28(32,33)34)26(7-2,24(3,4)5)41-42(38,39)21-11-9-8-10-12-21/h6-14,17-19H,1-2,15-16H2,3-5H3. The number of hydrogen-bond acceptors (Lipinski definition) is 6. The molecule has 1 aromatic heterocycles. The van der Waals surface area contributed by atoms with Crippen molar-refractivity contribution in [2.24, 2.45) is 5.41 Å². The SMILES string of the molecule is C=CC(CCOc1ccc(C(F)(F)F)cc1C(F)(F)F)(n1cncn1)C(C=C)(OS(=O)(=O)c1ccccc1)C(C)(C)C. The second kappa shape index (κ2) is 11.6. The van der Waals surface area contributed by atoms with Crippen LogP contribution >= 0.6 is 0 Å². The Kier molecular flexibility index (Phi) is 9.04. The summed E-state index contributed by atoms with van der Waals surface area (Å²) in [5.41, 5.74) is -7.86. The Morgan fingerprint density at radius 1 is 0.929 bits per heavy atom. The van der Waals surface area contributed by atoms with Gasteiger partial charge in [0.1, 0.15) is 29.5 Å². The molecule has 0 aliphatic heterocycles. The molecule has 0 N–H and O–H groups in total. The summed E-state index contributed by atoms with van der Waals surface area (Å²) in [5.74, 6) is -0.857. The van der Waals surface area contributed by atoms with E-state index >= 15 is 0 Å². The molecular weight excluding hydrogens is 588 g/mol. The van der Waals surface area contributed by atoms with E-state index in [1.165, 1.54) is 47.4 Å². The molecule has 0 aliphatic rings. The maximum atomic E-state index is 13.7. The lowest BCUT2D eigenvalue weighted by Gasteiger charge is -2.52. The molecule has 0 spiro atoms. The first-order valence-corrected chi connectivity index (χ1v) is 13.8. The van der Waals surface area contributed by atoms with Gasteiger partial charge in [-0.3, -0.25) is 4.18 Å². The predicted molar refractivity (Wildman–Crippen MR) is 142 cm³/mol. The van der Waals surface area contributed by atoms with E-state index in [4.69, 9.17) is 8.92 Å². The lowest BCUT2D eigenvalue weighted by molar-refractivity contribution is -0.144. The molecule has 0 radical (unpaired) electrons. The van der Waals surface area contributed by atoms with Crippen LogP contribution in [0.15, 0.2) is 91.4 Å². The third-order valence-corrected chi connectivity index (χ3v) is 8.17. The summed E-state index contributed by atoms with van der Waals surface area (Å²) in [6.07, 6.45) is -5.57. The first-order chi connectivity index (χ1) is 19.3. The van der Waals surface area contributed by atoms with Gasteiger partial charge in [-0.2, -0.15) is 39.9 Å². The van der Waals surface area contributed by atoms with E-state index in [1.807, 2.05) is 0 Å². The van der Waals surface area contributed by atoms with E-state index in [2.05, 4.69) is 23.2 Å². The van der Waals surface area contributed by atoms with Gasteiger partial charge in [0.05, 0.1) is 22.6 Å². The molecule has 0 saturated heterocycles. The van der Waals surface area contributed by atoms with Crippen LogP contribution < -0.4 is 4.74 Å². The summed E-state index contributed by atoms with van der Waals surface area (Å²) >= 11 is 0. The van der Waals surface area contributed by atoms with Crippen molar-refractivity contribution in [2.75, 3.05) is 6.61 Å². The van der Waals surface area contributed by atoms with E-state index < -0.39 is 62.5 Å². The van der Waals surface area contributed by atoms with E-state index in [0.717, 1.165) is 6.33 Å². The monoisotopic (exact) mass is 617 g/mol. The molecule has 0 fully saturated rings. The second-order valence-electron chi connectivity index (χ2n) is 10.3. The molecule has 7 nitrogen and oxygen atoms in total. The Bertz CT molecular complexity index is 1500. The van der Waals surface area contributed by atoms with Gasteiger partial charge in [0.25, 0.3) is 10.1 Å². The lowest BCUT2D eigenvalue weighted by Crippen LogP contribution is -2.63. The molecule has 3 aromatic rings. The molecular formula is C28H29F6N3O4S. The summed E-state index contributed by atoms with van der Waals surface area (Å²) in [6, 6.07) is 8.27. The summed E-state index contributed by atoms with van der Waals surface area (Å²) < 4.78 is 120. The van der Waals surface area contributed by atoms with Crippen molar-refractivity contribution in [3.63, 3.8) is 0 Å². The Morgan fingerprint density at radius 2 is 1.57 bits per heavy atom. The fraction of sp³-hybridized carbons (Fsp3) is 0.357. The third-order valence-electron chi connectivity index (χ3n) is 6.84. The van der Waals surface area contributed by atoms with Gasteiger partial charge < -0.3 is 4.74 Å². The highest BCUT2D eigenvalue weighted by Crippen LogP contribution is 2.51. The molecule has 2 aromatic carbocycles. The van der Waals surface area contributed by atoms with E-state index in [1.54, 1.807) is 26.8 Å².